The van der Waals surface area contributed by atoms with Crippen molar-refractivity contribution in [2.75, 3.05) is 18.0 Å². The van der Waals surface area contributed by atoms with Crippen LogP contribution in [0.15, 0.2) is 22.7 Å². The lowest BCUT2D eigenvalue weighted by molar-refractivity contribution is -0.119. The molecule has 2 aromatic rings. The summed E-state index contributed by atoms with van der Waals surface area (Å²) in [4.78, 5) is 28.5. The van der Waals surface area contributed by atoms with Gasteiger partial charge in [-0.2, -0.15) is 4.98 Å². The minimum atomic E-state index is -0.484. The minimum Gasteiger partial charge on any atom is -0.442 e. The van der Waals surface area contributed by atoms with Crippen molar-refractivity contribution in [3.05, 3.63) is 29.0 Å². The molecule has 0 saturated carbocycles. The molecule has 1 N–H and O–H groups in total. The van der Waals surface area contributed by atoms with Gasteiger partial charge in [-0.25, -0.2) is 4.79 Å². The van der Waals surface area contributed by atoms with Crippen LogP contribution in [0.1, 0.15) is 12.7 Å². The number of halogens is 1. The summed E-state index contributed by atoms with van der Waals surface area (Å²) in [6.07, 6.45) is -0.888. The van der Waals surface area contributed by atoms with Crippen LogP contribution >= 0.6 is 11.6 Å². The van der Waals surface area contributed by atoms with Gasteiger partial charge in [0.25, 0.3) is 5.89 Å². The number of ether oxygens (including phenoxy) is 1. The van der Waals surface area contributed by atoms with E-state index in [2.05, 4.69) is 15.5 Å². The van der Waals surface area contributed by atoms with Crippen LogP contribution in [0.2, 0.25) is 5.02 Å². The number of nitrogens with one attached hydrogen (secondary N) is 1. The van der Waals surface area contributed by atoms with E-state index >= 15 is 0 Å². The van der Waals surface area contributed by atoms with Crippen molar-refractivity contribution in [3.63, 3.8) is 0 Å². The third kappa shape index (κ3) is 3.33. The summed E-state index contributed by atoms with van der Waals surface area (Å²) in [5, 5.41) is 6.74. The van der Waals surface area contributed by atoms with Crippen molar-refractivity contribution in [1.82, 2.24) is 15.5 Å². The second kappa shape index (κ2) is 6.48. The van der Waals surface area contributed by atoms with Crippen LogP contribution in [-0.4, -0.2) is 41.3 Å². The van der Waals surface area contributed by atoms with E-state index in [1.54, 1.807) is 25.1 Å². The molecule has 2 heterocycles. The molecular weight excluding hydrogens is 336 g/mol. The molecule has 1 aromatic heterocycles. The first-order valence-corrected chi connectivity index (χ1v) is 7.64. The van der Waals surface area contributed by atoms with Gasteiger partial charge in [-0.15, -0.1) is 0 Å². The van der Waals surface area contributed by atoms with E-state index in [0.717, 1.165) is 0 Å². The van der Waals surface area contributed by atoms with Gasteiger partial charge in [-0.3, -0.25) is 9.69 Å². The number of carbonyl (C=O) groups excluding carboxylic acids is 2. The molecule has 0 bridgehead atoms. The number of rotatable bonds is 4. The molecule has 24 heavy (non-hydrogen) atoms. The van der Waals surface area contributed by atoms with Crippen LogP contribution in [0.25, 0.3) is 11.5 Å². The van der Waals surface area contributed by atoms with Crippen molar-refractivity contribution in [3.8, 4) is 11.5 Å². The Labute approximate surface area is 142 Å². The Hall–Kier alpha value is -2.61. The number of aromatic nitrogens is 2. The summed E-state index contributed by atoms with van der Waals surface area (Å²) in [5.74, 6) is 0.650. The molecule has 9 heteroatoms. The normalized spacial score (nSPS) is 17.0. The fraction of sp³-hybridized carbons (Fsp3) is 0.333. The van der Waals surface area contributed by atoms with Gasteiger partial charge in [0.15, 0.2) is 5.82 Å². The zero-order valence-electron chi connectivity index (χ0n) is 13.1. The first-order valence-electron chi connectivity index (χ1n) is 7.27. The van der Waals surface area contributed by atoms with E-state index < -0.39 is 12.2 Å². The van der Waals surface area contributed by atoms with Gasteiger partial charge in [0.05, 0.1) is 23.7 Å². The highest BCUT2D eigenvalue weighted by Crippen LogP contribution is 2.32. The summed E-state index contributed by atoms with van der Waals surface area (Å²) in [6, 6.07) is 5.07. The molecule has 126 valence electrons. The standard InChI is InChI=1S/C15H15ClN4O4/c1-8-18-14(24-19-8)12-4-3-10(5-13(12)16)20-7-11(23-15(20)22)6-17-9(2)21/h3-5,11H,6-7H2,1-2H3,(H,17,21). The summed E-state index contributed by atoms with van der Waals surface area (Å²) in [5.41, 5.74) is 1.18. The van der Waals surface area contributed by atoms with E-state index in [1.165, 1.54) is 11.8 Å². The number of cyclic esters (lactones) is 1. The molecule has 0 aliphatic carbocycles. The van der Waals surface area contributed by atoms with Crippen molar-refractivity contribution in [2.24, 2.45) is 0 Å². The van der Waals surface area contributed by atoms with E-state index in [0.29, 0.717) is 34.5 Å². The summed E-state index contributed by atoms with van der Waals surface area (Å²) < 4.78 is 10.3. The van der Waals surface area contributed by atoms with Gasteiger partial charge in [-0.1, -0.05) is 16.8 Å². The maximum absolute atomic E-state index is 12.0. The Morgan fingerprint density at radius 3 is 2.92 bits per heavy atom. The maximum atomic E-state index is 12.0. The topological polar surface area (TPSA) is 97.6 Å². The Bertz CT molecular complexity index is 792. The zero-order chi connectivity index (χ0) is 17.3. The van der Waals surface area contributed by atoms with E-state index in [9.17, 15) is 9.59 Å². The van der Waals surface area contributed by atoms with E-state index in [1.807, 2.05) is 0 Å². The molecule has 0 spiro atoms. The molecule has 1 saturated heterocycles. The number of amides is 2. The van der Waals surface area contributed by atoms with Gasteiger partial charge < -0.3 is 14.6 Å². The van der Waals surface area contributed by atoms with Crippen LogP contribution < -0.4 is 10.2 Å². The average molecular weight is 351 g/mol. The molecule has 1 fully saturated rings. The lowest BCUT2D eigenvalue weighted by Gasteiger charge is -2.14. The molecule has 1 aliphatic rings. The molecule has 2 amide bonds. The number of hydrogen-bond donors (Lipinski definition) is 1. The number of benzene rings is 1. The third-order valence-electron chi connectivity index (χ3n) is 3.48. The van der Waals surface area contributed by atoms with Gasteiger partial charge in [-0.05, 0) is 25.1 Å². The Kier molecular flexibility index (Phi) is 4.39. The average Bonchev–Trinajstić information content (AvgIpc) is 3.11. The highest BCUT2D eigenvalue weighted by molar-refractivity contribution is 6.33. The summed E-state index contributed by atoms with van der Waals surface area (Å²) in [6.45, 7) is 3.72. The molecular formula is C15H15ClN4O4. The molecule has 8 nitrogen and oxygen atoms in total. The Balaban J connectivity index is 1.77. The van der Waals surface area contributed by atoms with Crippen LogP contribution in [0.4, 0.5) is 10.5 Å². The zero-order valence-corrected chi connectivity index (χ0v) is 13.8. The predicted molar refractivity (Wildman–Crippen MR) is 85.8 cm³/mol. The van der Waals surface area contributed by atoms with Crippen molar-refractivity contribution in [1.29, 1.82) is 0 Å². The monoisotopic (exact) mass is 350 g/mol. The second-order valence-electron chi connectivity index (χ2n) is 5.36. The number of carbonyl (C=O) groups is 2. The van der Waals surface area contributed by atoms with Crippen molar-refractivity contribution >= 4 is 29.3 Å². The van der Waals surface area contributed by atoms with Gasteiger partial charge >= 0.3 is 6.09 Å². The molecule has 1 unspecified atom stereocenters. The molecule has 0 radical (unpaired) electrons. The van der Waals surface area contributed by atoms with Crippen LogP contribution in [0.5, 0.6) is 0 Å². The Morgan fingerprint density at radius 1 is 1.50 bits per heavy atom. The predicted octanol–water partition coefficient (Wildman–Crippen LogP) is 2.16. The van der Waals surface area contributed by atoms with Crippen molar-refractivity contribution < 1.29 is 18.8 Å². The highest BCUT2D eigenvalue weighted by atomic mass is 35.5. The molecule has 1 atom stereocenters. The van der Waals surface area contributed by atoms with E-state index in [4.69, 9.17) is 20.9 Å². The molecule has 1 aromatic carbocycles. The van der Waals surface area contributed by atoms with Gasteiger partial charge in [0.1, 0.15) is 6.10 Å². The molecule has 3 rings (SSSR count). The van der Waals surface area contributed by atoms with Gasteiger partial charge in [0, 0.05) is 12.6 Å². The van der Waals surface area contributed by atoms with Crippen LogP contribution in [0, 0.1) is 6.92 Å². The largest absolute Gasteiger partial charge is 0.442 e. The first-order chi connectivity index (χ1) is 11.4. The third-order valence-corrected chi connectivity index (χ3v) is 3.79. The maximum Gasteiger partial charge on any atom is 0.414 e. The second-order valence-corrected chi connectivity index (χ2v) is 5.77. The fourth-order valence-electron chi connectivity index (χ4n) is 2.35. The van der Waals surface area contributed by atoms with Gasteiger partial charge in [0.2, 0.25) is 5.91 Å². The molecule has 1 aliphatic heterocycles. The fourth-order valence-corrected chi connectivity index (χ4v) is 2.60. The number of aryl methyl sites for hydroxylation is 1. The smallest absolute Gasteiger partial charge is 0.414 e. The van der Waals surface area contributed by atoms with Crippen molar-refractivity contribution in [2.45, 2.75) is 20.0 Å². The highest BCUT2D eigenvalue weighted by Gasteiger charge is 2.32. The summed E-state index contributed by atoms with van der Waals surface area (Å²) >= 11 is 6.27. The first kappa shape index (κ1) is 16.3. The summed E-state index contributed by atoms with van der Waals surface area (Å²) in [7, 11) is 0. The number of hydrogen-bond acceptors (Lipinski definition) is 6. The number of nitrogens with zero attached hydrogens (tertiary/aromatic N) is 3. The number of anilines is 1. The Morgan fingerprint density at radius 2 is 2.29 bits per heavy atom. The van der Waals surface area contributed by atoms with E-state index in [-0.39, 0.29) is 12.5 Å². The SMILES string of the molecule is CC(=O)NCC1CN(c2ccc(-c3nc(C)no3)c(Cl)c2)C(=O)O1. The van der Waals surface area contributed by atoms with Crippen LogP contribution in [0.3, 0.4) is 0 Å². The minimum absolute atomic E-state index is 0.174. The lowest BCUT2D eigenvalue weighted by atomic mass is 10.2. The van der Waals surface area contributed by atoms with Crippen LogP contribution in [-0.2, 0) is 9.53 Å². The quantitative estimate of drug-likeness (QED) is 0.907. The lowest BCUT2D eigenvalue weighted by Crippen LogP contribution is -2.33.